The van der Waals surface area contributed by atoms with Crippen molar-refractivity contribution < 1.29 is 17.9 Å². The summed E-state index contributed by atoms with van der Waals surface area (Å²) >= 11 is 3.36. The predicted octanol–water partition coefficient (Wildman–Crippen LogP) is 4.93. The molecule has 0 spiro atoms. The number of benzene rings is 3. The minimum Gasteiger partial charge on any atom is -0.495 e. The summed E-state index contributed by atoms with van der Waals surface area (Å²) in [7, 11) is -2.32. The number of carbonyl (C=O) groups excluding carboxylic acids is 1. The molecule has 0 saturated carbocycles. The molecule has 0 fully saturated rings. The van der Waals surface area contributed by atoms with E-state index in [2.05, 4.69) is 21.2 Å². The lowest BCUT2D eigenvalue weighted by Gasteiger charge is -2.23. The monoisotopic (exact) mass is 488 g/mol. The summed E-state index contributed by atoms with van der Waals surface area (Å²) in [4.78, 5) is 12.8. The number of carbonyl (C=O) groups is 1. The summed E-state index contributed by atoms with van der Waals surface area (Å²) in [6, 6.07) is 20.1. The molecule has 0 aromatic heterocycles. The van der Waals surface area contributed by atoms with Gasteiger partial charge in [-0.05, 0) is 55.5 Å². The van der Waals surface area contributed by atoms with Crippen molar-refractivity contribution in [1.82, 2.24) is 0 Å². The first-order chi connectivity index (χ1) is 14.4. The summed E-state index contributed by atoms with van der Waals surface area (Å²) < 4.78 is 33.8. The Balaban J connectivity index is 1.92. The van der Waals surface area contributed by atoms with Gasteiger partial charge < -0.3 is 10.1 Å². The van der Waals surface area contributed by atoms with Crippen molar-refractivity contribution in [1.29, 1.82) is 0 Å². The molecule has 0 atom stereocenters. The molecule has 0 bridgehead atoms. The highest BCUT2D eigenvalue weighted by atomic mass is 79.9. The SMILES string of the molecule is CCN(c1ccccc1)S(=O)(=O)c1cccc(C(=O)Nc2cc(Br)ccc2OC)c1. The first-order valence-corrected chi connectivity index (χ1v) is 11.4. The lowest BCUT2D eigenvalue weighted by atomic mass is 10.2. The van der Waals surface area contributed by atoms with Crippen molar-refractivity contribution >= 4 is 43.2 Å². The van der Waals surface area contributed by atoms with E-state index in [-0.39, 0.29) is 17.0 Å². The molecular weight excluding hydrogens is 468 g/mol. The molecule has 6 nitrogen and oxygen atoms in total. The zero-order valence-electron chi connectivity index (χ0n) is 16.5. The van der Waals surface area contributed by atoms with Crippen molar-refractivity contribution in [3.05, 3.63) is 82.8 Å². The molecule has 3 aromatic rings. The van der Waals surface area contributed by atoms with E-state index >= 15 is 0 Å². The molecule has 0 heterocycles. The van der Waals surface area contributed by atoms with Crippen molar-refractivity contribution in [3.8, 4) is 5.75 Å². The molecule has 0 aliphatic carbocycles. The Morgan fingerprint density at radius 3 is 2.43 bits per heavy atom. The Labute approximate surface area is 184 Å². The molecule has 3 rings (SSSR count). The largest absolute Gasteiger partial charge is 0.495 e. The number of amides is 1. The van der Waals surface area contributed by atoms with Crippen LogP contribution < -0.4 is 14.4 Å². The zero-order chi connectivity index (χ0) is 21.7. The number of ether oxygens (including phenoxy) is 1. The summed E-state index contributed by atoms with van der Waals surface area (Å²) in [5.41, 5.74) is 1.26. The molecule has 0 aliphatic heterocycles. The number of para-hydroxylation sites is 1. The highest BCUT2D eigenvalue weighted by Crippen LogP contribution is 2.29. The molecule has 1 amide bonds. The predicted molar refractivity (Wildman–Crippen MR) is 122 cm³/mol. The van der Waals surface area contributed by atoms with Gasteiger partial charge in [-0.2, -0.15) is 0 Å². The first kappa shape index (κ1) is 21.9. The minimum absolute atomic E-state index is 0.0436. The van der Waals surface area contributed by atoms with Gasteiger partial charge in [0.1, 0.15) is 5.75 Å². The Hall–Kier alpha value is -2.84. The highest BCUT2D eigenvalue weighted by molar-refractivity contribution is 9.10. The smallest absolute Gasteiger partial charge is 0.264 e. The van der Waals surface area contributed by atoms with Crippen LogP contribution >= 0.6 is 15.9 Å². The molecule has 0 saturated heterocycles. The van der Waals surface area contributed by atoms with E-state index in [4.69, 9.17) is 4.74 Å². The maximum absolute atomic E-state index is 13.2. The van der Waals surface area contributed by atoms with Gasteiger partial charge in [0.25, 0.3) is 15.9 Å². The summed E-state index contributed by atoms with van der Waals surface area (Å²) in [5.74, 6) is 0.0581. The third-order valence-corrected chi connectivity index (χ3v) is 6.82. The van der Waals surface area contributed by atoms with Gasteiger partial charge in [-0.3, -0.25) is 9.10 Å². The molecule has 8 heteroatoms. The van der Waals surface area contributed by atoms with E-state index in [9.17, 15) is 13.2 Å². The lowest BCUT2D eigenvalue weighted by Crippen LogP contribution is -2.31. The third-order valence-electron chi connectivity index (χ3n) is 4.43. The average Bonchev–Trinajstić information content (AvgIpc) is 2.75. The van der Waals surface area contributed by atoms with Crippen LogP contribution in [0.5, 0.6) is 5.75 Å². The molecule has 0 radical (unpaired) electrons. The van der Waals surface area contributed by atoms with Gasteiger partial charge in [0.05, 0.1) is 23.4 Å². The second-order valence-electron chi connectivity index (χ2n) is 6.33. The van der Waals surface area contributed by atoms with Crippen LogP contribution in [0.3, 0.4) is 0 Å². The van der Waals surface area contributed by atoms with Crippen LogP contribution in [0.25, 0.3) is 0 Å². The van der Waals surface area contributed by atoms with Crippen molar-refractivity contribution in [2.24, 2.45) is 0 Å². The quantitative estimate of drug-likeness (QED) is 0.511. The number of hydrogen-bond acceptors (Lipinski definition) is 4. The van der Waals surface area contributed by atoms with E-state index in [1.807, 2.05) is 6.07 Å². The van der Waals surface area contributed by atoms with Gasteiger partial charge in [0.15, 0.2) is 0 Å². The van der Waals surface area contributed by atoms with Crippen LogP contribution in [0.4, 0.5) is 11.4 Å². The van der Waals surface area contributed by atoms with Crippen LogP contribution in [0.1, 0.15) is 17.3 Å². The topological polar surface area (TPSA) is 75.7 Å². The van der Waals surface area contributed by atoms with Gasteiger partial charge >= 0.3 is 0 Å². The molecule has 1 N–H and O–H groups in total. The van der Waals surface area contributed by atoms with Gasteiger partial charge in [0, 0.05) is 16.6 Å². The Kier molecular flexibility index (Phi) is 6.79. The van der Waals surface area contributed by atoms with E-state index in [0.29, 0.717) is 17.1 Å². The fourth-order valence-electron chi connectivity index (χ4n) is 2.98. The Bertz CT molecular complexity index is 1150. The minimum atomic E-state index is -3.83. The number of hydrogen-bond donors (Lipinski definition) is 1. The van der Waals surface area contributed by atoms with Crippen molar-refractivity contribution in [2.75, 3.05) is 23.3 Å². The van der Waals surface area contributed by atoms with Crippen molar-refractivity contribution in [2.45, 2.75) is 11.8 Å². The summed E-state index contributed by atoms with van der Waals surface area (Å²) in [6.07, 6.45) is 0. The fraction of sp³-hybridized carbons (Fsp3) is 0.136. The van der Waals surface area contributed by atoms with Crippen LogP contribution in [0.2, 0.25) is 0 Å². The van der Waals surface area contributed by atoms with Gasteiger partial charge in [-0.25, -0.2) is 8.42 Å². The molecule has 0 aliphatic rings. The normalized spacial score (nSPS) is 11.0. The molecule has 3 aromatic carbocycles. The zero-order valence-corrected chi connectivity index (χ0v) is 18.9. The second kappa shape index (κ2) is 9.32. The average molecular weight is 489 g/mol. The number of rotatable bonds is 7. The molecule has 0 unspecified atom stereocenters. The maximum atomic E-state index is 13.2. The molecular formula is C22H21BrN2O4S. The standard InChI is InChI=1S/C22H21BrN2O4S/c1-3-25(18-9-5-4-6-10-18)30(27,28)19-11-7-8-16(14-19)22(26)24-20-15-17(23)12-13-21(20)29-2/h4-15H,3H2,1-2H3,(H,24,26). The van der Waals surface area contributed by atoms with Crippen LogP contribution in [0.15, 0.2) is 82.2 Å². The van der Waals surface area contributed by atoms with Gasteiger partial charge in [-0.1, -0.05) is 40.2 Å². The first-order valence-electron chi connectivity index (χ1n) is 9.19. The van der Waals surface area contributed by atoms with Crippen LogP contribution in [-0.4, -0.2) is 28.0 Å². The number of sulfonamides is 1. The lowest BCUT2D eigenvalue weighted by molar-refractivity contribution is 0.102. The summed E-state index contributed by atoms with van der Waals surface area (Å²) in [5, 5.41) is 2.77. The van der Waals surface area contributed by atoms with E-state index < -0.39 is 15.9 Å². The van der Waals surface area contributed by atoms with Crippen molar-refractivity contribution in [3.63, 3.8) is 0 Å². The number of nitrogens with zero attached hydrogens (tertiary/aromatic N) is 1. The van der Waals surface area contributed by atoms with E-state index in [0.717, 1.165) is 4.47 Å². The second-order valence-corrected chi connectivity index (χ2v) is 9.11. The number of halogens is 1. The number of methoxy groups -OCH3 is 1. The van der Waals surface area contributed by atoms with Crippen LogP contribution in [-0.2, 0) is 10.0 Å². The third kappa shape index (κ3) is 4.66. The Morgan fingerprint density at radius 2 is 1.77 bits per heavy atom. The van der Waals surface area contributed by atoms with Gasteiger partial charge in [-0.15, -0.1) is 0 Å². The fourth-order valence-corrected chi connectivity index (χ4v) is 4.86. The number of nitrogens with one attached hydrogen (secondary N) is 1. The van der Waals surface area contributed by atoms with E-state index in [1.54, 1.807) is 61.5 Å². The van der Waals surface area contributed by atoms with E-state index in [1.165, 1.54) is 23.5 Å². The molecule has 156 valence electrons. The number of anilines is 2. The van der Waals surface area contributed by atoms with Gasteiger partial charge in [0.2, 0.25) is 0 Å². The maximum Gasteiger partial charge on any atom is 0.264 e. The Morgan fingerprint density at radius 1 is 1.03 bits per heavy atom. The summed E-state index contributed by atoms with van der Waals surface area (Å²) in [6.45, 7) is 2.03. The highest BCUT2D eigenvalue weighted by Gasteiger charge is 2.24. The molecule has 30 heavy (non-hydrogen) atoms. The van der Waals surface area contributed by atoms with Crippen LogP contribution in [0, 0.1) is 0 Å².